The van der Waals surface area contributed by atoms with E-state index in [0.29, 0.717) is 10.8 Å². The van der Waals surface area contributed by atoms with Gasteiger partial charge in [0.15, 0.2) is 0 Å². The zero-order valence-corrected chi connectivity index (χ0v) is 14.3. The second-order valence-electron chi connectivity index (χ2n) is 6.92. The quantitative estimate of drug-likeness (QED) is 0.574. The molecule has 1 saturated carbocycles. The molecule has 1 fully saturated rings. The number of hydrogen-bond donors (Lipinski definition) is 0. The normalized spacial score (nSPS) is 21.4. The van der Waals surface area contributed by atoms with Crippen molar-refractivity contribution in [2.75, 3.05) is 12.0 Å². The van der Waals surface area contributed by atoms with Crippen LogP contribution in [0.4, 0.5) is 0 Å². The van der Waals surface area contributed by atoms with Gasteiger partial charge in [-0.15, -0.1) is 0 Å². The molecule has 0 nitrogen and oxygen atoms in total. The van der Waals surface area contributed by atoms with Gasteiger partial charge in [0.25, 0.3) is 0 Å². The first kappa shape index (κ1) is 15.9. The zero-order valence-electron chi connectivity index (χ0n) is 13.5. The molecule has 0 amide bonds. The predicted octanol–water partition coefficient (Wildman–Crippen LogP) is 6.06. The van der Waals surface area contributed by atoms with Crippen LogP contribution in [0.5, 0.6) is 0 Å². The fourth-order valence-electron chi connectivity index (χ4n) is 4.05. The molecule has 0 aromatic heterocycles. The Morgan fingerprint density at radius 1 is 1.10 bits per heavy atom. The van der Waals surface area contributed by atoms with Gasteiger partial charge in [-0.2, -0.15) is 11.8 Å². The van der Waals surface area contributed by atoms with Crippen molar-refractivity contribution in [1.82, 2.24) is 0 Å². The van der Waals surface area contributed by atoms with Gasteiger partial charge in [0.2, 0.25) is 0 Å². The molecule has 1 aromatic rings. The maximum absolute atomic E-state index is 2.55. The van der Waals surface area contributed by atoms with Crippen LogP contribution in [0.25, 0.3) is 0 Å². The van der Waals surface area contributed by atoms with Gasteiger partial charge >= 0.3 is 0 Å². The number of benzene rings is 1. The highest BCUT2D eigenvalue weighted by Crippen LogP contribution is 2.53. The molecule has 1 aliphatic rings. The summed E-state index contributed by atoms with van der Waals surface area (Å²) in [6.45, 7) is 5.09. The molecule has 0 N–H and O–H groups in total. The first-order valence-corrected chi connectivity index (χ1v) is 9.56. The molecule has 20 heavy (non-hydrogen) atoms. The monoisotopic (exact) mass is 290 g/mol. The van der Waals surface area contributed by atoms with E-state index < -0.39 is 0 Å². The van der Waals surface area contributed by atoms with Gasteiger partial charge in [-0.3, -0.25) is 0 Å². The van der Waals surface area contributed by atoms with E-state index in [9.17, 15) is 0 Å². The van der Waals surface area contributed by atoms with Gasteiger partial charge in [-0.25, -0.2) is 0 Å². The van der Waals surface area contributed by atoms with E-state index in [2.05, 4.69) is 50.4 Å². The molecule has 1 atom stereocenters. The van der Waals surface area contributed by atoms with Crippen molar-refractivity contribution in [2.45, 2.75) is 64.2 Å². The molecule has 1 aliphatic carbocycles. The molecule has 0 aliphatic heterocycles. The Labute approximate surface area is 129 Å². The maximum Gasteiger partial charge on any atom is -0.00212 e. The summed E-state index contributed by atoms with van der Waals surface area (Å²) in [6.07, 6.45) is 12.0. The fraction of sp³-hybridized carbons (Fsp3) is 0.684. The Kier molecular flexibility index (Phi) is 5.60. The number of hydrogen-bond acceptors (Lipinski definition) is 1. The van der Waals surface area contributed by atoms with Crippen LogP contribution in [0, 0.1) is 5.41 Å². The second kappa shape index (κ2) is 7.02. The lowest BCUT2D eigenvalue weighted by Crippen LogP contribution is -2.43. The lowest BCUT2D eigenvalue weighted by Gasteiger charge is -2.50. The molecule has 0 bridgehead atoms. The summed E-state index contributed by atoms with van der Waals surface area (Å²) in [5, 5.41) is 0. The number of rotatable bonds is 6. The largest absolute Gasteiger partial charge is 0.165 e. The van der Waals surface area contributed by atoms with Crippen molar-refractivity contribution >= 4 is 11.8 Å². The summed E-state index contributed by atoms with van der Waals surface area (Å²) in [4.78, 5) is 0. The summed E-state index contributed by atoms with van der Waals surface area (Å²) in [7, 11) is 0. The number of thioether (sulfide) groups is 1. The average molecular weight is 291 g/mol. The summed E-state index contributed by atoms with van der Waals surface area (Å²) in [6, 6.07) is 11.3. The van der Waals surface area contributed by atoms with Crippen LogP contribution in [0.1, 0.15) is 64.4 Å². The molecule has 2 rings (SSSR count). The van der Waals surface area contributed by atoms with Crippen LogP contribution in [-0.4, -0.2) is 12.0 Å². The smallest absolute Gasteiger partial charge is 0.00212 e. The SMILES string of the molecule is CSCCC[C@](C)(c1ccccc1)C1(C)CCCCC1. The third kappa shape index (κ3) is 3.24. The minimum absolute atomic E-state index is 0.338. The molecule has 0 saturated heterocycles. The third-order valence-electron chi connectivity index (χ3n) is 5.73. The van der Waals surface area contributed by atoms with Crippen molar-refractivity contribution < 1.29 is 0 Å². The van der Waals surface area contributed by atoms with E-state index >= 15 is 0 Å². The topological polar surface area (TPSA) is 0 Å². The molecule has 1 heteroatoms. The Hall–Kier alpha value is -0.430. The van der Waals surface area contributed by atoms with Crippen molar-refractivity contribution in [3.63, 3.8) is 0 Å². The second-order valence-corrected chi connectivity index (χ2v) is 7.90. The van der Waals surface area contributed by atoms with Gasteiger partial charge in [0.05, 0.1) is 0 Å². The summed E-state index contributed by atoms with van der Waals surface area (Å²) in [5.74, 6) is 1.29. The summed E-state index contributed by atoms with van der Waals surface area (Å²) < 4.78 is 0. The fourth-order valence-corrected chi connectivity index (χ4v) is 4.49. The van der Waals surface area contributed by atoms with Crippen LogP contribution < -0.4 is 0 Å². The van der Waals surface area contributed by atoms with E-state index in [1.807, 2.05) is 11.8 Å². The van der Waals surface area contributed by atoms with E-state index in [1.54, 1.807) is 5.56 Å². The van der Waals surface area contributed by atoms with E-state index in [0.717, 1.165) is 0 Å². The standard InChI is InChI=1S/C19H30S/c1-18(13-8-5-9-14-18)19(2,15-10-16-20-3)17-11-6-4-7-12-17/h4,6-7,11-12H,5,8-10,13-16H2,1-3H3/t19-/m1/s1. The summed E-state index contributed by atoms with van der Waals surface area (Å²) in [5.41, 5.74) is 2.38. The Morgan fingerprint density at radius 3 is 2.35 bits per heavy atom. The molecule has 0 radical (unpaired) electrons. The van der Waals surface area contributed by atoms with Crippen molar-refractivity contribution in [3.05, 3.63) is 35.9 Å². The average Bonchev–Trinajstić information content (AvgIpc) is 2.49. The molecular weight excluding hydrogens is 260 g/mol. The van der Waals surface area contributed by atoms with Crippen molar-refractivity contribution in [1.29, 1.82) is 0 Å². The zero-order chi connectivity index (χ0) is 14.5. The highest BCUT2D eigenvalue weighted by Gasteiger charge is 2.45. The molecular formula is C19H30S. The Balaban J connectivity index is 2.27. The van der Waals surface area contributed by atoms with Crippen molar-refractivity contribution in [3.8, 4) is 0 Å². The molecule has 0 unspecified atom stereocenters. The minimum atomic E-state index is 0.338. The lowest BCUT2D eigenvalue weighted by atomic mass is 9.55. The first-order valence-electron chi connectivity index (χ1n) is 8.17. The third-order valence-corrected chi connectivity index (χ3v) is 6.42. The van der Waals surface area contributed by atoms with Crippen LogP contribution >= 0.6 is 11.8 Å². The van der Waals surface area contributed by atoms with E-state index in [1.165, 1.54) is 50.7 Å². The predicted molar refractivity (Wildman–Crippen MR) is 92.6 cm³/mol. The Bertz CT molecular complexity index is 391. The van der Waals surface area contributed by atoms with E-state index in [-0.39, 0.29) is 0 Å². The molecule has 0 spiro atoms. The van der Waals surface area contributed by atoms with Crippen LogP contribution in [0.3, 0.4) is 0 Å². The van der Waals surface area contributed by atoms with Gasteiger partial charge in [-0.1, -0.05) is 63.4 Å². The van der Waals surface area contributed by atoms with Crippen molar-refractivity contribution in [2.24, 2.45) is 5.41 Å². The maximum atomic E-state index is 2.55. The lowest BCUT2D eigenvalue weighted by molar-refractivity contribution is 0.0861. The van der Waals surface area contributed by atoms with Gasteiger partial charge in [0, 0.05) is 0 Å². The summed E-state index contributed by atoms with van der Waals surface area (Å²) >= 11 is 1.98. The van der Waals surface area contributed by atoms with Gasteiger partial charge < -0.3 is 0 Å². The van der Waals surface area contributed by atoms with Crippen LogP contribution in [0.15, 0.2) is 30.3 Å². The first-order chi connectivity index (χ1) is 9.62. The molecule has 0 heterocycles. The minimum Gasteiger partial charge on any atom is -0.165 e. The van der Waals surface area contributed by atoms with Crippen LogP contribution in [-0.2, 0) is 5.41 Å². The van der Waals surface area contributed by atoms with E-state index in [4.69, 9.17) is 0 Å². The van der Waals surface area contributed by atoms with Gasteiger partial charge in [0.1, 0.15) is 0 Å². The Morgan fingerprint density at radius 2 is 1.75 bits per heavy atom. The molecule has 1 aromatic carbocycles. The highest BCUT2D eigenvalue weighted by atomic mass is 32.2. The van der Waals surface area contributed by atoms with Crippen LogP contribution in [0.2, 0.25) is 0 Å². The highest BCUT2D eigenvalue weighted by molar-refractivity contribution is 7.98. The molecule has 112 valence electrons. The van der Waals surface area contributed by atoms with Gasteiger partial charge in [-0.05, 0) is 54.1 Å².